The third kappa shape index (κ3) is 4.27. The minimum atomic E-state index is -0.661. The summed E-state index contributed by atoms with van der Waals surface area (Å²) in [4.78, 5) is 37.3. The number of hydrogen-bond acceptors (Lipinski definition) is 7. The third-order valence-electron chi connectivity index (χ3n) is 4.13. The lowest BCUT2D eigenvalue weighted by Gasteiger charge is -2.08. The van der Waals surface area contributed by atoms with E-state index in [9.17, 15) is 14.4 Å². The first kappa shape index (κ1) is 18.7. The Labute approximate surface area is 169 Å². The number of hydrogen-bond donors (Lipinski definition) is 1. The Morgan fingerprint density at radius 3 is 2.66 bits per heavy atom. The highest BCUT2D eigenvalue weighted by Crippen LogP contribution is 2.32. The van der Waals surface area contributed by atoms with Gasteiger partial charge in [0, 0.05) is 11.3 Å². The van der Waals surface area contributed by atoms with Crippen LogP contribution in [0.25, 0.3) is 0 Å². The SMILES string of the molecule is O=C(COC(=O)c1cccc(NC(=O)c2cccs2)c1)c1ccc2c(c1)OCO2. The molecule has 1 aliphatic rings. The summed E-state index contributed by atoms with van der Waals surface area (Å²) in [6, 6.07) is 14.6. The molecular formula is C21H15NO6S. The number of Topliss-reactive ketones (excluding diaryl/α,β-unsaturated/α-hetero) is 1. The number of ketones is 1. The molecule has 146 valence electrons. The molecule has 0 radical (unpaired) electrons. The average Bonchev–Trinajstić information content (AvgIpc) is 3.43. The second kappa shape index (κ2) is 8.15. The second-order valence-electron chi connectivity index (χ2n) is 6.08. The van der Waals surface area contributed by atoms with Crippen LogP contribution in [0.5, 0.6) is 11.5 Å². The van der Waals surface area contributed by atoms with E-state index in [-0.39, 0.29) is 24.0 Å². The van der Waals surface area contributed by atoms with Gasteiger partial charge in [-0.15, -0.1) is 11.3 Å². The van der Waals surface area contributed by atoms with Crippen molar-refractivity contribution in [1.82, 2.24) is 0 Å². The van der Waals surface area contributed by atoms with Crippen LogP contribution in [0.15, 0.2) is 60.0 Å². The van der Waals surface area contributed by atoms with E-state index in [1.807, 2.05) is 0 Å². The van der Waals surface area contributed by atoms with Crippen LogP contribution < -0.4 is 14.8 Å². The van der Waals surface area contributed by atoms with E-state index in [4.69, 9.17) is 14.2 Å². The quantitative estimate of drug-likeness (QED) is 0.492. The number of anilines is 1. The normalized spacial score (nSPS) is 11.7. The van der Waals surface area contributed by atoms with E-state index in [0.29, 0.717) is 27.6 Å². The number of amides is 1. The topological polar surface area (TPSA) is 90.9 Å². The highest BCUT2D eigenvalue weighted by atomic mass is 32.1. The Morgan fingerprint density at radius 2 is 1.83 bits per heavy atom. The highest BCUT2D eigenvalue weighted by Gasteiger charge is 2.18. The Morgan fingerprint density at radius 1 is 0.966 bits per heavy atom. The third-order valence-corrected chi connectivity index (χ3v) is 5.00. The fourth-order valence-corrected chi connectivity index (χ4v) is 3.31. The first-order valence-corrected chi connectivity index (χ1v) is 9.53. The summed E-state index contributed by atoms with van der Waals surface area (Å²) in [6.07, 6.45) is 0. The average molecular weight is 409 g/mol. The molecule has 0 saturated heterocycles. The molecule has 1 aromatic heterocycles. The van der Waals surface area contributed by atoms with E-state index in [1.54, 1.807) is 53.9 Å². The van der Waals surface area contributed by atoms with Crippen LogP contribution in [-0.4, -0.2) is 31.1 Å². The van der Waals surface area contributed by atoms with Gasteiger partial charge in [0.25, 0.3) is 5.91 Å². The summed E-state index contributed by atoms with van der Waals surface area (Å²) in [6.45, 7) is -0.300. The molecule has 0 fully saturated rings. The van der Waals surface area contributed by atoms with Crippen molar-refractivity contribution in [2.24, 2.45) is 0 Å². The minimum Gasteiger partial charge on any atom is -0.454 e. The van der Waals surface area contributed by atoms with E-state index in [2.05, 4.69) is 5.32 Å². The summed E-state index contributed by atoms with van der Waals surface area (Å²) in [5, 5.41) is 4.53. The molecule has 7 nitrogen and oxygen atoms in total. The molecule has 29 heavy (non-hydrogen) atoms. The van der Waals surface area contributed by atoms with Crippen molar-refractivity contribution in [3.8, 4) is 11.5 Å². The fraction of sp³-hybridized carbons (Fsp3) is 0.0952. The molecule has 8 heteroatoms. The number of carbonyl (C=O) groups excluding carboxylic acids is 3. The molecular weight excluding hydrogens is 394 g/mol. The molecule has 2 heterocycles. The standard InChI is InChI=1S/C21H15NO6S/c23-16(13-6-7-17-18(10-13)28-12-27-17)11-26-21(25)14-3-1-4-15(9-14)22-20(24)19-5-2-8-29-19/h1-10H,11-12H2,(H,22,24). The van der Waals surface area contributed by atoms with Gasteiger partial charge in [-0.05, 0) is 47.8 Å². The van der Waals surface area contributed by atoms with Gasteiger partial charge >= 0.3 is 5.97 Å². The van der Waals surface area contributed by atoms with Gasteiger partial charge < -0.3 is 19.5 Å². The molecule has 3 aromatic rings. The van der Waals surface area contributed by atoms with Crippen LogP contribution in [0.1, 0.15) is 30.4 Å². The van der Waals surface area contributed by atoms with Crippen molar-refractivity contribution in [1.29, 1.82) is 0 Å². The van der Waals surface area contributed by atoms with Gasteiger partial charge in [0.15, 0.2) is 23.9 Å². The number of thiophene rings is 1. The predicted molar refractivity (Wildman–Crippen MR) is 106 cm³/mol. The summed E-state index contributed by atoms with van der Waals surface area (Å²) in [5.74, 6) is -0.232. The van der Waals surface area contributed by atoms with Gasteiger partial charge in [-0.2, -0.15) is 0 Å². The van der Waals surface area contributed by atoms with Crippen molar-refractivity contribution in [3.05, 3.63) is 76.0 Å². The lowest BCUT2D eigenvalue weighted by atomic mass is 10.1. The molecule has 0 bridgehead atoms. The molecule has 0 atom stereocenters. The molecule has 0 unspecified atom stereocenters. The van der Waals surface area contributed by atoms with Crippen LogP contribution in [0.3, 0.4) is 0 Å². The number of ether oxygens (including phenoxy) is 3. The lowest BCUT2D eigenvalue weighted by Crippen LogP contribution is -2.15. The van der Waals surface area contributed by atoms with Crippen molar-refractivity contribution >= 4 is 34.7 Å². The summed E-state index contributed by atoms with van der Waals surface area (Å²) >= 11 is 1.32. The molecule has 0 aliphatic carbocycles. The van der Waals surface area contributed by atoms with E-state index < -0.39 is 12.6 Å². The number of benzene rings is 2. The van der Waals surface area contributed by atoms with E-state index in [0.717, 1.165) is 0 Å². The van der Waals surface area contributed by atoms with Crippen molar-refractivity contribution < 1.29 is 28.6 Å². The predicted octanol–water partition coefficient (Wildman–Crippen LogP) is 3.77. The van der Waals surface area contributed by atoms with Crippen LogP contribution in [0, 0.1) is 0 Å². The first-order chi connectivity index (χ1) is 14.1. The minimum absolute atomic E-state index is 0.112. The van der Waals surface area contributed by atoms with Crippen LogP contribution in [0.4, 0.5) is 5.69 Å². The number of fused-ring (bicyclic) bond motifs is 1. The zero-order valence-corrected chi connectivity index (χ0v) is 15.9. The molecule has 1 N–H and O–H groups in total. The van der Waals surface area contributed by atoms with Crippen LogP contribution >= 0.6 is 11.3 Å². The molecule has 0 saturated carbocycles. The smallest absolute Gasteiger partial charge is 0.338 e. The molecule has 2 aromatic carbocycles. The molecule has 0 spiro atoms. The van der Waals surface area contributed by atoms with Gasteiger partial charge in [-0.1, -0.05) is 12.1 Å². The van der Waals surface area contributed by atoms with Gasteiger partial charge in [-0.25, -0.2) is 4.79 Å². The Hall–Kier alpha value is -3.65. The largest absolute Gasteiger partial charge is 0.454 e. The number of rotatable bonds is 6. The van der Waals surface area contributed by atoms with E-state index in [1.165, 1.54) is 17.4 Å². The Kier molecular flexibility index (Phi) is 5.26. The number of esters is 1. The van der Waals surface area contributed by atoms with Crippen LogP contribution in [-0.2, 0) is 4.74 Å². The van der Waals surface area contributed by atoms with Crippen molar-refractivity contribution in [3.63, 3.8) is 0 Å². The summed E-state index contributed by atoms with van der Waals surface area (Å²) < 4.78 is 15.6. The van der Waals surface area contributed by atoms with Crippen molar-refractivity contribution in [2.45, 2.75) is 0 Å². The first-order valence-electron chi connectivity index (χ1n) is 8.65. The summed E-state index contributed by atoms with van der Waals surface area (Å²) in [7, 11) is 0. The summed E-state index contributed by atoms with van der Waals surface area (Å²) in [5.41, 5.74) is 1.05. The zero-order chi connectivity index (χ0) is 20.2. The van der Waals surface area contributed by atoms with Crippen LogP contribution in [0.2, 0.25) is 0 Å². The van der Waals surface area contributed by atoms with Gasteiger partial charge in [0.05, 0.1) is 10.4 Å². The maximum Gasteiger partial charge on any atom is 0.338 e. The highest BCUT2D eigenvalue weighted by molar-refractivity contribution is 7.12. The van der Waals surface area contributed by atoms with Crippen molar-refractivity contribution in [2.75, 3.05) is 18.7 Å². The van der Waals surface area contributed by atoms with Gasteiger partial charge in [0.1, 0.15) is 0 Å². The Balaban J connectivity index is 1.37. The van der Waals surface area contributed by atoms with Gasteiger partial charge in [-0.3, -0.25) is 9.59 Å². The molecule has 1 aliphatic heterocycles. The monoisotopic (exact) mass is 409 g/mol. The lowest BCUT2D eigenvalue weighted by molar-refractivity contribution is 0.0474. The number of nitrogens with one attached hydrogen (secondary N) is 1. The maximum atomic E-state index is 12.3. The molecule has 4 rings (SSSR count). The maximum absolute atomic E-state index is 12.3. The number of carbonyl (C=O) groups is 3. The molecule has 1 amide bonds. The zero-order valence-electron chi connectivity index (χ0n) is 15.0. The second-order valence-corrected chi connectivity index (χ2v) is 7.03. The van der Waals surface area contributed by atoms with E-state index >= 15 is 0 Å². The Bertz CT molecular complexity index is 1080. The fourth-order valence-electron chi connectivity index (χ4n) is 2.69. The van der Waals surface area contributed by atoms with Gasteiger partial charge in [0.2, 0.25) is 6.79 Å².